The molecule has 0 spiro atoms. The van der Waals surface area contributed by atoms with Crippen molar-refractivity contribution in [2.75, 3.05) is 40.0 Å². The number of aliphatic hydroxyl groups excluding tert-OH is 1. The van der Waals surface area contributed by atoms with Crippen LogP contribution in [-0.2, 0) is 4.74 Å². The van der Waals surface area contributed by atoms with Gasteiger partial charge in [0.05, 0.1) is 33.0 Å². The smallest absolute Gasteiger partial charge is 0.161 e. The van der Waals surface area contributed by atoms with Gasteiger partial charge in [0.1, 0.15) is 0 Å². The molecule has 21 heavy (non-hydrogen) atoms. The van der Waals surface area contributed by atoms with Crippen LogP contribution in [0.25, 0.3) is 0 Å². The highest BCUT2D eigenvalue weighted by Crippen LogP contribution is 2.25. The van der Waals surface area contributed by atoms with E-state index in [-0.39, 0.29) is 0 Å². The van der Waals surface area contributed by atoms with E-state index in [1.807, 2.05) is 24.3 Å². The molecule has 0 aliphatic carbocycles. The summed E-state index contributed by atoms with van der Waals surface area (Å²) in [6, 6.07) is 7.57. The van der Waals surface area contributed by atoms with Crippen molar-refractivity contribution < 1.29 is 19.3 Å². The van der Waals surface area contributed by atoms with Crippen LogP contribution in [0.2, 0.25) is 0 Å². The van der Waals surface area contributed by atoms with Crippen molar-refractivity contribution >= 4 is 0 Å². The minimum Gasteiger partial charge on any atom is -0.493 e. The summed E-state index contributed by atoms with van der Waals surface area (Å²) in [6.45, 7) is 6.19. The predicted molar refractivity (Wildman–Crippen MR) is 83.0 cm³/mol. The lowest BCUT2D eigenvalue weighted by molar-refractivity contribution is 0.0494. The second-order valence-corrected chi connectivity index (χ2v) is 4.54. The molecule has 0 saturated heterocycles. The lowest BCUT2D eigenvalue weighted by Crippen LogP contribution is -2.31. The summed E-state index contributed by atoms with van der Waals surface area (Å²) in [5.74, 6) is 1.48. The standard InChI is InChI=1S/C16H25NO4/c1-3-10-20-13-14(18)12-17-9-6-11-21-16-8-5-4-7-15(16)19-2/h3-5,7-8,14,17-18H,1,6,9-13H2,2H3/t14-/m1/s1. The first kappa shape index (κ1) is 17.5. The topological polar surface area (TPSA) is 60.0 Å². The molecule has 0 heterocycles. The summed E-state index contributed by atoms with van der Waals surface area (Å²) in [4.78, 5) is 0. The summed E-state index contributed by atoms with van der Waals surface area (Å²) in [6.07, 6.45) is 2.01. The van der Waals surface area contributed by atoms with Gasteiger partial charge in [-0.05, 0) is 25.1 Å². The number of methoxy groups -OCH3 is 1. The van der Waals surface area contributed by atoms with E-state index in [9.17, 15) is 5.11 Å². The zero-order valence-electron chi connectivity index (χ0n) is 12.6. The molecule has 118 valence electrons. The summed E-state index contributed by atoms with van der Waals surface area (Å²) < 4.78 is 16.0. The lowest BCUT2D eigenvalue weighted by atomic mass is 10.3. The van der Waals surface area contributed by atoms with E-state index >= 15 is 0 Å². The highest BCUT2D eigenvalue weighted by atomic mass is 16.5. The lowest BCUT2D eigenvalue weighted by Gasteiger charge is -2.12. The number of hydrogen-bond acceptors (Lipinski definition) is 5. The van der Waals surface area contributed by atoms with E-state index in [0.717, 1.165) is 24.5 Å². The number of ether oxygens (including phenoxy) is 3. The minimum atomic E-state index is -0.500. The molecular formula is C16H25NO4. The molecule has 0 saturated carbocycles. The van der Waals surface area contributed by atoms with Crippen LogP contribution in [0.1, 0.15) is 6.42 Å². The Kier molecular flexibility index (Phi) is 9.28. The first-order chi connectivity index (χ1) is 10.3. The Hall–Kier alpha value is -1.56. The minimum absolute atomic E-state index is 0.316. The highest BCUT2D eigenvalue weighted by Gasteiger charge is 2.04. The quantitative estimate of drug-likeness (QED) is 0.453. The summed E-state index contributed by atoms with van der Waals surface area (Å²) in [7, 11) is 1.62. The highest BCUT2D eigenvalue weighted by molar-refractivity contribution is 5.39. The van der Waals surface area contributed by atoms with Crippen molar-refractivity contribution in [3.05, 3.63) is 36.9 Å². The molecule has 1 rings (SSSR count). The first-order valence-corrected chi connectivity index (χ1v) is 7.11. The van der Waals surface area contributed by atoms with Crippen LogP contribution >= 0.6 is 0 Å². The Morgan fingerprint density at radius 2 is 2.10 bits per heavy atom. The Balaban J connectivity index is 2.05. The molecule has 5 heteroatoms. The van der Waals surface area contributed by atoms with Crippen LogP contribution in [0.3, 0.4) is 0 Å². The third-order valence-corrected chi connectivity index (χ3v) is 2.75. The van der Waals surface area contributed by atoms with Crippen molar-refractivity contribution in [2.24, 2.45) is 0 Å². The molecule has 2 N–H and O–H groups in total. The molecule has 0 amide bonds. The van der Waals surface area contributed by atoms with Crippen molar-refractivity contribution in [2.45, 2.75) is 12.5 Å². The summed E-state index contributed by atoms with van der Waals surface area (Å²) in [5, 5.41) is 12.8. The van der Waals surface area contributed by atoms with E-state index in [0.29, 0.717) is 26.4 Å². The molecule has 0 fully saturated rings. The van der Waals surface area contributed by atoms with Crippen molar-refractivity contribution in [1.82, 2.24) is 5.32 Å². The molecule has 0 aliphatic rings. The van der Waals surface area contributed by atoms with E-state index in [1.165, 1.54) is 0 Å². The Morgan fingerprint density at radius 3 is 2.81 bits per heavy atom. The third-order valence-electron chi connectivity index (χ3n) is 2.75. The van der Waals surface area contributed by atoms with Gasteiger partial charge in [-0.3, -0.25) is 0 Å². The molecule has 1 aromatic rings. The molecule has 1 aromatic carbocycles. The van der Waals surface area contributed by atoms with Gasteiger partial charge in [-0.1, -0.05) is 18.2 Å². The Labute approximate surface area is 126 Å². The fourth-order valence-electron chi connectivity index (χ4n) is 1.73. The van der Waals surface area contributed by atoms with Crippen molar-refractivity contribution in [3.8, 4) is 11.5 Å². The van der Waals surface area contributed by atoms with E-state index < -0.39 is 6.10 Å². The third kappa shape index (κ3) is 7.70. The SMILES string of the molecule is C=CCOC[C@H](O)CNCCCOc1ccccc1OC. The van der Waals surface area contributed by atoms with Gasteiger partial charge < -0.3 is 24.6 Å². The number of aliphatic hydroxyl groups is 1. The summed E-state index contributed by atoms with van der Waals surface area (Å²) in [5.41, 5.74) is 0. The molecule has 0 aromatic heterocycles. The van der Waals surface area contributed by atoms with Gasteiger partial charge in [-0.25, -0.2) is 0 Å². The van der Waals surface area contributed by atoms with Gasteiger partial charge in [0, 0.05) is 6.54 Å². The van der Waals surface area contributed by atoms with Crippen LogP contribution in [0.15, 0.2) is 36.9 Å². The largest absolute Gasteiger partial charge is 0.493 e. The van der Waals surface area contributed by atoms with Crippen molar-refractivity contribution in [3.63, 3.8) is 0 Å². The monoisotopic (exact) mass is 295 g/mol. The molecule has 0 aliphatic heterocycles. The Morgan fingerprint density at radius 1 is 1.33 bits per heavy atom. The number of hydrogen-bond donors (Lipinski definition) is 2. The van der Waals surface area contributed by atoms with Crippen molar-refractivity contribution in [1.29, 1.82) is 0 Å². The Bertz CT molecular complexity index is 398. The molecule has 0 bridgehead atoms. The van der Waals surface area contributed by atoms with E-state index in [1.54, 1.807) is 13.2 Å². The number of rotatable bonds is 12. The van der Waals surface area contributed by atoms with Gasteiger partial charge in [-0.2, -0.15) is 0 Å². The average molecular weight is 295 g/mol. The number of para-hydroxylation sites is 2. The van der Waals surface area contributed by atoms with E-state index in [4.69, 9.17) is 14.2 Å². The second kappa shape index (κ2) is 11.1. The molecule has 5 nitrogen and oxygen atoms in total. The zero-order valence-corrected chi connectivity index (χ0v) is 12.6. The molecule has 0 unspecified atom stereocenters. The maximum atomic E-state index is 9.61. The van der Waals surface area contributed by atoms with Gasteiger partial charge in [-0.15, -0.1) is 6.58 Å². The second-order valence-electron chi connectivity index (χ2n) is 4.54. The fraction of sp³-hybridized carbons (Fsp3) is 0.500. The predicted octanol–water partition coefficient (Wildman–Crippen LogP) is 1.62. The molecule has 0 radical (unpaired) electrons. The van der Waals surface area contributed by atoms with Gasteiger partial charge in [0.25, 0.3) is 0 Å². The maximum absolute atomic E-state index is 9.61. The first-order valence-electron chi connectivity index (χ1n) is 7.11. The maximum Gasteiger partial charge on any atom is 0.161 e. The van der Waals surface area contributed by atoms with Crippen LogP contribution in [0.5, 0.6) is 11.5 Å². The fourth-order valence-corrected chi connectivity index (χ4v) is 1.73. The molecular weight excluding hydrogens is 270 g/mol. The van der Waals surface area contributed by atoms with Crippen LogP contribution < -0.4 is 14.8 Å². The normalized spacial score (nSPS) is 11.9. The van der Waals surface area contributed by atoms with E-state index in [2.05, 4.69) is 11.9 Å². The zero-order chi connectivity index (χ0) is 15.3. The van der Waals surface area contributed by atoms with Crippen LogP contribution in [0, 0.1) is 0 Å². The van der Waals surface area contributed by atoms with Gasteiger partial charge in [0.15, 0.2) is 11.5 Å². The number of nitrogens with one attached hydrogen (secondary N) is 1. The van der Waals surface area contributed by atoms with Crippen LogP contribution in [0.4, 0.5) is 0 Å². The summed E-state index contributed by atoms with van der Waals surface area (Å²) >= 11 is 0. The van der Waals surface area contributed by atoms with Crippen LogP contribution in [-0.4, -0.2) is 51.2 Å². The van der Waals surface area contributed by atoms with Gasteiger partial charge >= 0.3 is 0 Å². The molecule has 1 atom stereocenters. The van der Waals surface area contributed by atoms with Gasteiger partial charge in [0.2, 0.25) is 0 Å². The average Bonchev–Trinajstić information content (AvgIpc) is 2.51. The number of benzene rings is 1.